The van der Waals surface area contributed by atoms with E-state index in [1.165, 1.54) is 4.90 Å². The van der Waals surface area contributed by atoms with Crippen LogP contribution in [0.5, 0.6) is 0 Å². The Kier molecular flexibility index (Phi) is 9.47. The highest BCUT2D eigenvalue weighted by molar-refractivity contribution is 7.99. The molecule has 31 heavy (non-hydrogen) atoms. The molecule has 0 saturated carbocycles. The van der Waals surface area contributed by atoms with Crippen LogP contribution in [0.25, 0.3) is 0 Å². The predicted molar refractivity (Wildman–Crippen MR) is 128 cm³/mol. The van der Waals surface area contributed by atoms with Crippen LogP contribution in [0.3, 0.4) is 0 Å². The standard InChI is InChI=1S/C23H26ClN5OS/c24-19-9-11-21(12-10-19)31-15-5-14-27-23(26-13-4-8-20-16-25-17-28-20)29-22(30)18-6-2-1-3-7-18/h1-3,6-7,9-12,16-17H,4-5,8,13-15H2,(H,25,28)(H2,26,27,29,30). The van der Waals surface area contributed by atoms with E-state index in [-0.39, 0.29) is 5.91 Å². The van der Waals surface area contributed by atoms with Crippen LogP contribution in [0.2, 0.25) is 5.02 Å². The van der Waals surface area contributed by atoms with Crippen LogP contribution >= 0.6 is 23.4 Å². The summed E-state index contributed by atoms with van der Waals surface area (Å²) in [5.41, 5.74) is 1.69. The van der Waals surface area contributed by atoms with Crippen molar-refractivity contribution in [3.63, 3.8) is 0 Å². The van der Waals surface area contributed by atoms with Crippen LogP contribution in [-0.2, 0) is 6.42 Å². The first kappa shape index (κ1) is 22.9. The lowest BCUT2D eigenvalue weighted by atomic mass is 10.2. The third-order valence-corrected chi connectivity index (χ3v) is 5.74. The number of halogens is 1. The molecule has 0 atom stereocenters. The largest absolute Gasteiger partial charge is 0.356 e. The van der Waals surface area contributed by atoms with Crippen LogP contribution in [-0.4, -0.2) is 40.7 Å². The Balaban J connectivity index is 1.48. The first-order valence-electron chi connectivity index (χ1n) is 10.2. The fourth-order valence-electron chi connectivity index (χ4n) is 2.79. The van der Waals surface area contributed by atoms with Crippen LogP contribution in [0.15, 0.2) is 77.0 Å². The number of benzene rings is 2. The predicted octanol–water partition coefficient (Wildman–Crippen LogP) is 4.55. The molecule has 8 heteroatoms. The lowest BCUT2D eigenvalue weighted by molar-refractivity contribution is 0.0975. The van der Waals surface area contributed by atoms with Gasteiger partial charge in [-0.2, -0.15) is 0 Å². The van der Waals surface area contributed by atoms with Crippen molar-refractivity contribution in [2.24, 2.45) is 4.99 Å². The number of carbonyl (C=O) groups is 1. The highest BCUT2D eigenvalue weighted by atomic mass is 35.5. The van der Waals surface area contributed by atoms with Gasteiger partial charge in [-0.3, -0.25) is 15.1 Å². The van der Waals surface area contributed by atoms with Gasteiger partial charge in [-0.1, -0.05) is 29.8 Å². The van der Waals surface area contributed by atoms with Gasteiger partial charge < -0.3 is 10.3 Å². The van der Waals surface area contributed by atoms with Gasteiger partial charge in [0.1, 0.15) is 0 Å². The van der Waals surface area contributed by atoms with E-state index in [0.29, 0.717) is 24.6 Å². The molecule has 3 aromatic rings. The number of amides is 1. The fourth-order valence-corrected chi connectivity index (χ4v) is 3.76. The molecule has 1 amide bonds. The molecule has 6 nitrogen and oxygen atoms in total. The van der Waals surface area contributed by atoms with Gasteiger partial charge in [-0.15, -0.1) is 11.8 Å². The van der Waals surface area contributed by atoms with E-state index in [4.69, 9.17) is 11.6 Å². The van der Waals surface area contributed by atoms with Gasteiger partial charge >= 0.3 is 0 Å². The molecule has 0 bridgehead atoms. The minimum Gasteiger partial charge on any atom is -0.356 e. The summed E-state index contributed by atoms with van der Waals surface area (Å²) in [7, 11) is 0. The molecule has 1 heterocycles. The van der Waals surface area contributed by atoms with Gasteiger partial charge in [-0.05, 0) is 61.4 Å². The number of nitrogens with zero attached hydrogens (tertiary/aromatic N) is 2. The van der Waals surface area contributed by atoms with E-state index in [0.717, 1.165) is 35.7 Å². The number of imidazole rings is 1. The second kappa shape index (κ2) is 12.8. The third kappa shape index (κ3) is 8.47. The number of aromatic nitrogens is 2. The van der Waals surface area contributed by atoms with Crippen molar-refractivity contribution in [3.8, 4) is 0 Å². The lowest BCUT2D eigenvalue weighted by Gasteiger charge is -2.12. The second-order valence-corrected chi connectivity index (χ2v) is 8.42. The normalized spacial score (nSPS) is 11.3. The number of carbonyl (C=O) groups excluding carboxylic acids is 1. The van der Waals surface area contributed by atoms with Gasteiger partial charge in [0.15, 0.2) is 5.96 Å². The Hall–Kier alpha value is -2.77. The summed E-state index contributed by atoms with van der Waals surface area (Å²) in [5, 5.41) is 6.90. The first-order valence-corrected chi connectivity index (χ1v) is 11.6. The maximum absolute atomic E-state index is 12.5. The van der Waals surface area contributed by atoms with Crippen LogP contribution in [0.1, 0.15) is 28.9 Å². The molecular weight excluding hydrogens is 430 g/mol. The van der Waals surface area contributed by atoms with Gasteiger partial charge in [-0.25, -0.2) is 4.98 Å². The summed E-state index contributed by atoms with van der Waals surface area (Å²) in [4.78, 5) is 25.4. The van der Waals surface area contributed by atoms with Crippen molar-refractivity contribution in [2.45, 2.75) is 24.2 Å². The van der Waals surface area contributed by atoms with E-state index in [1.807, 2.05) is 48.7 Å². The van der Waals surface area contributed by atoms with Crippen LogP contribution < -0.4 is 10.6 Å². The smallest absolute Gasteiger partial charge is 0.257 e. The number of hydrogen-bond acceptors (Lipinski definition) is 4. The molecule has 0 aliphatic heterocycles. The summed E-state index contributed by atoms with van der Waals surface area (Å²) in [6, 6.07) is 17.0. The van der Waals surface area contributed by atoms with Crippen molar-refractivity contribution < 1.29 is 4.79 Å². The first-order chi connectivity index (χ1) is 15.2. The highest BCUT2D eigenvalue weighted by Crippen LogP contribution is 2.20. The topological polar surface area (TPSA) is 82.2 Å². The van der Waals surface area contributed by atoms with Crippen molar-refractivity contribution >= 4 is 35.2 Å². The highest BCUT2D eigenvalue weighted by Gasteiger charge is 2.08. The average Bonchev–Trinajstić information content (AvgIpc) is 3.31. The Morgan fingerprint density at radius 1 is 1.10 bits per heavy atom. The van der Waals surface area contributed by atoms with Crippen molar-refractivity contribution in [1.82, 2.24) is 20.6 Å². The molecule has 0 saturated heterocycles. The molecule has 3 N–H and O–H groups in total. The van der Waals surface area contributed by atoms with E-state index in [1.54, 1.807) is 30.2 Å². The molecule has 0 unspecified atom stereocenters. The summed E-state index contributed by atoms with van der Waals surface area (Å²) < 4.78 is 0. The molecule has 162 valence electrons. The Morgan fingerprint density at radius 3 is 2.65 bits per heavy atom. The number of thioether (sulfide) groups is 1. The molecular formula is C23H26ClN5OS. The molecule has 0 aliphatic carbocycles. The van der Waals surface area contributed by atoms with Crippen molar-refractivity contribution in [2.75, 3.05) is 18.8 Å². The number of guanidine groups is 1. The molecule has 0 aliphatic rings. The monoisotopic (exact) mass is 455 g/mol. The number of hydrogen-bond donors (Lipinski definition) is 3. The zero-order valence-corrected chi connectivity index (χ0v) is 18.8. The summed E-state index contributed by atoms with van der Waals surface area (Å²) in [5.74, 6) is 1.27. The zero-order valence-electron chi connectivity index (χ0n) is 17.2. The van der Waals surface area contributed by atoms with Gasteiger partial charge in [0.05, 0.1) is 6.33 Å². The van der Waals surface area contributed by atoms with Crippen LogP contribution in [0.4, 0.5) is 0 Å². The third-order valence-electron chi connectivity index (χ3n) is 4.39. The minimum absolute atomic E-state index is 0.170. The van der Waals surface area contributed by atoms with Gasteiger partial charge in [0.2, 0.25) is 0 Å². The van der Waals surface area contributed by atoms with Gasteiger partial charge in [0, 0.05) is 40.5 Å². The average molecular weight is 456 g/mol. The number of nitrogens with one attached hydrogen (secondary N) is 3. The van der Waals surface area contributed by atoms with Crippen molar-refractivity contribution in [3.05, 3.63) is 83.4 Å². The molecule has 2 aromatic carbocycles. The Bertz CT molecular complexity index is 946. The minimum atomic E-state index is -0.170. The number of H-pyrrole nitrogens is 1. The number of aryl methyl sites for hydroxylation is 1. The number of aromatic amines is 1. The molecule has 3 rings (SSSR count). The van der Waals surface area contributed by atoms with Gasteiger partial charge in [0.25, 0.3) is 5.91 Å². The van der Waals surface area contributed by atoms with E-state index in [9.17, 15) is 4.79 Å². The van der Waals surface area contributed by atoms with E-state index >= 15 is 0 Å². The zero-order chi connectivity index (χ0) is 21.7. The lowest BCUT2D eigenvalue weighted by Crippen LogP contribution is -2.41. The quantitative estimate of drug-likeness (QED) is 0.181. The maximum atomic E-state index is 12.5. The molecule has 0 fully saturated rings. The Labute approximate surface area is 191 Å². The number of aliphatic imine (C=N–C) groups is 1. The fraction of sp³-hybridized carbons (Fsp3) is 0.261. The van der Waals surface area contributed by atoms with E-state index in [2.05, 4.69) is 25.6 Å². The maximum Gasteiger partial charge on any atom is 0.257 e. The van der Waals surface area contributed by atoms with E-state index < -0.39 is 0 Å². The summed E-state index contributed by atoms with van der Waals surface area (Å²) >= 11 is 7.69. The summed E-state index contributed by atoms with van der Waals surface area (Å²) in [6.07, 6.45) is 6.18. The van der Waals surface area contributed by atoms with Crippen LogP contribution in [0, 0.1) is 0 Å². The molecule has 0 radical (unpaired) electrons. The SMILES string of the molecule is O=C(NC(=NCCCSc1ccc(Cl)cc1)NCCCc1cnc[nH]1)c1ccccc1. The van der Waals surface area contributed by atoms with Crippen molar-refractivity contribution in [1.29, 1.82) is 0 Å². The molecule has 1 aromatic heterocycles. The summed E-state index contributed by atoms with van der Waals surface area (Å²) in [6.45, 7) is 1.32. The number of rotatable bonds is 10. The Morgan fingerprint density at radius 2 is 1.90 bits per heavy atom. The molecule has 0 spiro atoms. The second-order valence-electron chi connectivity index (χ2n) is 6.81.